The maximum absolute atomic E-state index is 13.2. The van der Waals surface area contributed by atoms with Gasteiger partial charge in [0.05, 0.1) is 11.3 Å². The molecular formula is C15H12F6N4. The highest BCUT2D eigenvalue weighted by molar-refractivity contribution is 5.83. The number of imidazole rings is 1. The standard InChI is InChI=1S/C15H12F6N4/c1-24(2)6-8-7-25-12(22-8)4-3-9-10(14(16,17)18)5-11(15(19,20)21)23-13(9)25/h3-5,7H,6H2,1-2H3. The Kier molecular flexibility index (Phi) is 3.90. The minimum atomic E-state index is -5.00. The van der Waals surface area contributed by atoms with Crippen LogP contribution in [0.4, 0.5) is 26.3 Å². The third-order valence-corrected chi connectivity index (χ3v) is 3.52. The van der Waals surface area contributed by atoms with E-state index in [0.717, 1.165) is 10.5 Å². The largest absolute Gasteiger partial charge is 0.433 e. The van der Waals surface area contributed by atoms with Gasteiger partial charge in [-0.1, -0.05) is 0 Å². The Morgan fingerprint density at radius 2 is 1.68 bits per heavy atom. The van der Waals surface area contributed by atoms with Crippen molar-refractivity contribution in [3.05, 3.63) is 41.3 Å². The molecule has 0 aliphatic carbocycles. The van der Waals surface area contributed by atoms with Crippen molar-refractivity contribution in [3.8, 4) is 0 Å². The van der Waals surface area contributed by atoms with Crippen LogP contribution in [0.15, 0.2) is 24.4 Å². The average Bonchev–Trinajstić information content (AvgIpc) is 2.85. The van der Waals surface area contributed by atoms with E-state index in [2.05, 4.69) is 9.97 Å². The zero-order chi connectivity index (χ0) is 18.6. The van der Waals surface area contributed by atoms with Gasteiger partial charge in [-0.3, -0.25) is 4.40 Å². The summed E-state index contributed by atoms with van der Waals surface area (Å²) in [7, 11) is 3.54. The van der Waals surface area contributed by atoms with Crippen molar-refractivity contribution >= 4 is 16.7 Å². The second-order valence-corrected chi connectivity index (χ2v) is 5.82. The lowest BCUT2D eigenvalue weighted by Crippen LogP contribution is -2.14. The quantitative estimate of drug-likeness (QED) is 0.647. The first-order valence-electron chi connectivity index (χ1n) is 7.07. The molecule has 3 rings (SSSR count). The fraction of sp³-hybridized carbons (Fsp3) is 0.333. The van der Waals surface area contributed by atoms with Gasteiger partial charge in [-0.25, -0.2) is 9.97 Å². The summed E-state index contributed by atoms with van der Waals surface area (Å²) in [5.74, 6) is 0. The molecule has 0 spiro atoms. The van der Waals surface area contributed by atoms with Gasteiger partial charge in [-0.2, -0.15) is 26.3 Å². The molecule has 3 heterocycles. The Morgan fingerprint density at radius 1 is 1.00 bits per heavy atom. The van der Waals surface area contributed by atoms with Gasteiger partial charge in [0.25, 0.3) is 0 Å². The third-order valence-electron chi connectivity index (χ3n) is 3.52. The number of fused-ring (bicyclic) bond motifs is 3. The fourth-order valence-corrected chi connectivity index (χ4v) is 2.56. The Morgan fingerprint density at radius 3 is 2.24 bits per heavy atom. The van der Waals surface area contributed by atoms with E-state index in [-0.39, 0.29) is 11.7 Å². The number of hydrogen-bond acceptors (Lipinski definition) is 3. The number of halogens is 6. The molecule has 0 aliphatic rings. The van der Waals surface area contributed by atoms with Gasteiger partial charge in [-0.05, 0) is 32.3 Å². The molecule has 0 fully saturated rings. The lowest BCUT2D eigenvalue weighted by Gasteiger charge is -2.14. The number of nitrogens with zero attached hydrogens (tertiary/aromatic N) is 4. The molecule has 10 heteroatoms. The van der Waals surface area contributed by atoms with Gasteiger partial charge in [-0.15, -0.1) is 0 Å². The van der Waals surface area contributed by atoms with Gasteiger partial charge in [0.2, 0.25) is 0 Å². The molecule has 4 nitrogen and oxygen atoms in total. The summed E-state index contributed by atoms with van der Waals surface area (Å²) in [6, 6.07) is 2.45. The normalized spacial score (nSPS) is 13.3. The molecule has 0 aromatic carbocycles. The monoisotopic (exact) mass is 362 g/mol. The fourth-order valence-electron chi connectivity index (χ4n) is 2.56. The molecule has 0 N–H and O–H groups in total. The first-order chi connectivity index (χ1) is 11.5. The molecule has 0 saturated heterocycles. The highest BCUT2D eigenvalue weighted by Gasteiger charge is 2.39. The Bertz CT molecular complexity index is 939. The summed E-state index contributed by atoms with van der Waals surface area (Å²) < 4.78 is 79.9. The Balaban J connectivity index is 2.37. The molecule has 0 aliphatic heterocycles. The van der Waals surface area contributed by atoms with Crippen LogP contribution in [0.5, 0.6) is 0 Å². The van der Waals surface area contributed by atoms with E-state index >= 15 is 0 Å². The van der Waals surface area contributed by atoms with Gasteiger partial charge in [0.1, 0.15) is 17.0 Å². The van der Waals surface area contributed by atoms with E-state index in [1.54, 1.807) is 19.0 Å². The Hall–Kier alpha value is -2.36. The number of alkyl halides is 6. The predicted octanol–water partition coefficient (Wildman–Crippen LogP) is 3.98. The zero-order valence-corrected chi connectivity index (χ0v) is 13.1. The molecule has 0 atom stereocenters. The van der Waals surface area contributed by atoms with Crippen molar-refractivity contribution in [2.24, 2.45) is 0 Å². The maximum atomic E-state index is 13.2. The molecule has 0 radical (unpaired) electrons. The molecule has 3 aromatic rings. The number of hydrogen-bond donors (Lipinski definition) is 0. The van der Waals surface area contributed by atoms with Crippen molar-refractivity contribution in [1.29, 1.82) is 0 Å². The van der Waals surface area contributed by atoms with Crippen LogP contribution in [-0.2, 0) is 18.9 Å². The molecule has 3 aromatic heterocycles. The summed E-state index contributed by atoms with van der Waals surface area (Å²) in [6.45, 7) is 0.383. The van der Waals surface area contributed by atoms with Crippen LogP contribution in [-0.4, -0.2) is 33.4 Å². The van der Waals surface area contributed by atoms with Crippen LogP contribution in [0.2, 0.25) is 0 Å². The molecule has 134 valence electrons. The van der Waals surface area contributed by atoms with Crippen LogP contribution in [0, 0.1) is 0 Å². The second kappa shape index (κ2) is 5.58. The molecule has 0 amide bonds. The van der Waals surface area contributed by atoms with E-state index in [0.29, 0.717) is 12.2 Å². The SMILES string of the molecule is CN(C)Cc1cn2c(ccc3c(C(F)(F)F)cc(C(F)(F)F)nc32)n1. The van der Waals surface area contributed by atoms with Crippen molar-refractivity contribution < 1.29 is 26.3 Å². The number of aromatic nitrogens is 3. The van der Waals surface area contributed by atoms with Crippen LogP contribution >= 0.6 is 0 Å². The Labute approximate surface area is 137 Å². The molecule has 0 unspecified atom stereocenters. The first-order valence-corrected chi connectivity index (χ1v) is 7.07. The lowest BCUT2D eigenvalue weighted by atomic mass is 10.1. The molecule has 0 saturated carbocycles. The van der Waals surface area contributed by atoms with E-state index in [1.807, 2.05) is 0 Å². The third kappa shape index (κ3) is 3.26. The van der Waals surface area contributed by atoms with E-state index in [4.69, 9.17) is 0 Å². The highest BCUT2D eigenvalue weighted by Crippen LogP contribution is 2.38. The number of pyridine rings is 2. The highest BCUT2D eigenvalue weighted by atomic mass is 19.4. The van der Waals surface area contributed by atoms with E-state index in [9.17, 15) is 26.3 Å². The van der Waals surface area contributed by atoms with Gasteiger partial charge in [0, 0.05) is 18.1 Å². The van der Waals surface area contributed by atoms with Crippen LogP contribution in [0.1, 0.15) is 17.0 Å². The lowest BCUT2D eigenvalue weighted by molar-refractivity contribution is -0.144. The smallest absolute Gasteiger partial charge is 0.304 e. The summed E-state index contributed by atoms with van der Waals surface area (Å²) >= 11 is 0. The van der Waals surface area contributed by atoms with Gasteiger partial charge >= 0.3 is 12.4 Å². The average molecular weight is 362 g/mol. The minimum absolute atomic E-state index is 0.0336. The van der Waals surface area contributed by atoms with Gasteiger partial charge < -0.3 is 4.90 Å². The first kappa shape index (κ1) is 17.5. The van der Waals surface area contributed by atoms with Crippen LogP contribution in [0.25, 0.3) is 16.7 Å². The summed E-state index contributed by atoms with van der Waals surface area (Å²) in [5.41, 5.74) is -2.68. The van der Waals surface area contributed by atoms with Gasteiger partial charge in [0.15, 0.2) is 0 Å². The topological polar surface area (TPSA) is 33.4 Å². The molecule has 25 heavy (non-hydrogen) atoms. The molecular weight excluding hydrogens is 350 g/mol. The molecule has 0 bridgehead atoms. The summed E-state index contributed by atoms with van der Waals surface area (Å²) in [5, 5.41) is -0.415. The van der Waals surface area contributed by atoms with Crippen molar-refractivity contribution in [3.63, 3.8) is 0 Å². The maximum Gasteiger partial charge on any atom is 0.433 e. The van der Waals surface area contributed by atoms with E-state index in [1.165, 1.54) is 12.3 Å². The summed E-state index contributed by atoms with van der Waals surface area (Å²) in [4.78, 5) is 9.41. The minimum Gasteiger partial charge on any atom is -0.304 e. The number of rotatable bonds is 2. The zero-order valence-electron chi connectivity index (χ0n) is 13.1. The van der Waals surface area contributed by atoms with Crippen molar-refractivity contribution in [2.75, 3.05) is 14.1 Å². The predicted molar refractivity (Wildman–Crippen MR) is 77.9 cm³/mol. The van der Waals surface area contributed by atoms with E-state index < -0.39 is 34.6 Å². The van der Waals surface area contributed by atoms with Crippen molar-refractivity contribution in [2.45, 2.75) is 18.9 Å². The van der Waals surface area contributed by atoms with Crippen molar-refractivity contribution in [1.82, 2.24) is 19.3 Å². The van der Waals surface area contributed by atoms with Crippen LogP contribution in [0.3, 0.4) is 0 Å². The summed E-state index contributed by atoms with van der Waals surface area (Å²) in [6.07, 6.45) is -8.55. The second-order valence-electron chi connectivity index (χ2n) is 5.82. The van der Waals surface area contributed by atoms with Crippen LogP contribution < -0.4 is 0 Å².